The smallest absolute Gasteiger partial charge is 0.320 e. The molecule has 0 aromatic heterocycles. The van der Waals surface area contributed by atoms with Crippen molar-refractivity contribution in [2.24, 2.45) is 5.41 Å². The average molecular weight is 270 g/mol. The van der Waals surface area contributed by atoms with Gasteiger partial charge in [0.05, 0.1) is 6.42 Å². The van der Waals surface area contributed by atoms with Crippen LogP contribution in [-0.4, -0.2) is 53.1 Å². The Bertz CT molecular complexity index is 329. The summed E-state index contributed by atoms with van der Waals surface area (Å²) >= 11 is 0. The molecular formula is C14H26N2O3. The Morgan fingerprint density at radius 3 is 2.53 bits per heavy atom. The van der Waals surface area contributed by atoms with Crippen LogP contribution in [0, 0.1) is 5.41 Å². The van der Waals surface area contributed by atoms with Crippen LogP contribution in [0.3, 0.4) is 0 Å². The predicted octanol–water partition coefficient (Wildman–Crippen LogP) is 2.42. The molecule has 0 radical (unpaired) electrons. The highest BCUT2D eigenvalue weighted by molar-refractivity contribution is 5.75. The van der Waals surface area contributed by atoms with Crippen LogP contribution in [0.5, 0.6) is 0 Å². The molecule has 0 aliphatic carbocycles. The molecule has 1 saturated heterocycles. The quantitative estimate of drug-likeness (QED) is 0.853. The Morgan fingerprint density at radius 2 is 1.95 bits per heavy atom. The number of hydrogen-bond acceptors (Lipinski definition) is 2. The minimum absolute atomic E-state index is 0.0125. The summed E-state index contributed by atoms with van der Waals surface area (Å²) in [6.45, 7) is 8.78. The van der Waals surface area contributed by atoms with E-state index in [2.05, 4.69) is 13.8 Å². The third kappa shape index (κ3) is 5.09. The fraction of sp³-hybridized carbons (Fsp3) is 0.857. The molecule has 1 aliphatic heterocycles. The number of carbonyl (C=O) groups excluding carboxylic acids is 1. The largest absolute Gasteiger partial charge is 0.481 e. The van der Waals surface area contributed by atoms with Gasteiger partial charge in [0.2, 0.25) is 0 Å². The van der Waals surface area contributed by atoms with Gasteiger partial charge in [-0.25, -0.2) is 4.79 Å². The molecule has 5 heteroatoms. The van der Waals surface area contributed by atoms with Gasteiger partial charge in [-0.3, -0.25) is 4.79 Å². The maximum atomic E-state index is 12.4. The van der Waals surface area contributed by atoms with Crippen LogP contribution in [0.2, 0.25) is 0 Å². The van der Waals surface area contributed by atoms with E-state index in [4.69, 9.17) is 5.11 Å². The Labute approximate surface area is 115 Å². The summed E-state index contributed by atoms with van der Waals surface area (Å²) in [5.41, 5.74) is 0.299. The molecule has 0 aromatic rings. The van der Waals surface area contributed by atoms with Crippen molar-refractivity contribution in [1.29, 1.82) is 0 Å². The highest BCUT2D eigenvalue weighted by Gasteiger charge is 2.27. The molecule has 1 N–H and O–H groups in total. The average Bonchev–Trinajstić information content (AvgIpc) is 2.50. The van der Waals surface area contributed by atoms with Crippen molar-refractivity contribution in [2.75, 3.05) is 26.2 Å². The number of rotatable bonds is 4. The summed E-state index contributed by atoms with van der Waals surface area (Å²) in [5.74, 6) is -0.858. The predicted molar refractivity (Wildman–Crippen MR) is 74.1 cm³/mol. The van der Waals surface area contributed by atoms with E-state index in [1.54, 1.807) is 4.90 Å². The summed E-state index contributed by atoms with van der Waals surface area (Å²) in [6.07, 6.45) is 3.18. The molecule has 5 nitrogen and oxygen atoms in total. The number of carbonyl (C=O) groups is 2. The zero-order valence-corrected chi connectivity index (χ0v) is 12.3. The number of hydrogen-bond donors (Lipinski definition) is 1. The molecule has 0 atom stereocenters. The van der Waals surface area contributed by atoms with Gasteiger partial charge in [0, 0.05) is 26.2 Å². The van der Waals surface area contributed by atoms with E-state index in [0.717, 1.165) is 32.4 Å². The molecule has 0 saturated carbocycles. The van der Waals surface area contributed by atoms with Crippen molar-refractivity contribution >= 4 is 12.0 Å². The first-order chi connectivity index (χ1) is 8.85. The van der Waals surface area contributed by atoms with Crippen LogP contribution in [0.4, 0.5) is 4.79 Å². The van der Waals surface area contributed by atoms with Crippen LogP contribution >= 0.6 is 0 Å². The topological polar surface area (TPSA) is 60.9 Å². The number of nitrogens with zero attached hydrogens (tertiary/aromatic N) is 2. The molecule has 1 rings (SSSR count). The van der Waals surface area contributed by atoms with Gasteiger partial charge in [0.15, 0.2) is 0 Å². The number of carboxylic acid groups (broad SMARTS) is 1. The molecule has 0 aromatic carbocycles. The van der Waals surface area contributed by atoms with Crippen molar-refractivity contribution in [3.8, 4) is 0 Å². The minimum atomic E-state index is -0.858. The Balaban J connectivity index is 2.56. The maximum absolute atomic E-state index is 12.4. The van der Waals surface area contributed by atoms with E-state index in [9.17, 15) is 9.59 Å². The zero-order valence-electron chi connectivity index (χ0n) is 12.3. The molecule has 2 amide bonds. The molecule has 0 spiro atoms. The highest BCUT2D eigenvalue weighted by Crippen LogP contribution is 2.30. The van der Waals surface area contributed by atoms with Crippen LogP contribution in [0.1, 0.15) is 46.5 Å². The normalized spacial score (nSPS) is 18.8. The van der Waals surface area contributed by atoms with E-state index >= 15 is 0 Å². The van der Waals surface area contributed by atoms with E-state index in [-0.39, 0.29) is 12.5 Å². The zero-order chi connectivity index (χ0) is 14.5. The number of urea groups is 1. The second-order valence-electron chi connectivity index (χ2n) is 6.01. The highest BCUT2D eigenvalue weighted by atomic mass is 16.4. The lowest BCUT2D eigenvalue weighted by molar-refractivity contribution is -0.137. The van der Waals surface area contributed by atoms with Gasteiger partial charge in [0.25, 0.3) is 0 Å². The monoisotopic (exact) mass is 270 g/mol. The minimum Gasteiger partial charge on any atom is -0.481 e. The molecular weight excluding hydrogens is 244 g/mol. The van der Waals surface area contributed by atoms with Crippen molar-refractivity contribution in [2.45, 2.75) is 46.5 Å². The summed E-state index contributed by atoms with van der Waals surface area (Å²) in [4.78, 5) is 26.5. The SMILES string of the molecule is CCN(CCC(=O)O)C(=O)N1CCCC(C)(C)CC1. The number of aliphatic carboxylic acids is 1. The molecule has 1 heterocycles. The molecule has 0 bridgehead atoms. The van der Waals surface area contributed by atoms with E-state index in [1.165, 1.54) is 0 Å². The van der Waals surface area contributed by atoms with Crippen molar-refractivity contribution in [3.05, 3.63) is 0 Å². The fourth-order valence-corrected chi connectivity index (χ4v) is 2.43. The maximum Gasteiger partial charge on any atom is 0.320 e. The molecule has 1 aliphatic rings. The van der Waals surface area contributed by atoms with Gasteiger partial charge in [-0.2, -0.15) is 0 Å². The second-order valence-corrected chi connectivity index (χ2v) is 6.01. The Kier molecular flexibility index (Phi) is 5.63. The standard InChI is InChI=1S/C14H26N2O3/c1-4-15(10-6-12(17)18)13(19)16-9-5-7-14(2,3)8-11-16/h4-11H2,1-3H3,(H,17,18). The third-order valence-electron chi connectivity index (χ3n) is 3.86. The van der Waals surface area contributed by atoms with Crippen LogP contribution < -0.4 is 0 Å². The second kappa shape index (κ2) is 6.78. The van der Waals surface area contributed by atoms with Crippen molar-refractivity contribution in [3.63, 3.8) is 0 Å². The van der Waals surface area contributed by atoms with Crippen LogP contribution in [0.15, 0.2) is 0 Å². The first-order valence-corrected chi connectivity index (χ1v) is 7.11. The van der Waals surface area contributed by atoms with E-state index in [1.807, 2.05) is 11.8 Å². The van der Waals surface area contributed by atoms with Gasteiger partial charge in [-0.1, -0.05) is 13.8 Å². The Hall–Kier alpha value is -1.26. The van der Waals surface area contributed by atoms with E-state index in [0.29, 0.717) is 18.5 Å². The summed E-state index contributed by atoms with van der Waals surface area (Å²) in [7, 11) is 0. The van der Waals surface area contributed by atoms with Crippen molar-refractivity contribution < 1.29 is 14.7 Å². The first-order valence-electron chi connectivity index (χ1n) is 7.11. The third-order valence-corrected chi connectivity index (χ3v) is 3.86. The lowest BCUT2D eigenvalue weighted by atomic mass is 9.85. The molecule has 110 valence electrons. The fourth-order valence-electron chi connectivity index (χ4n) is 2.43. The van der Waals surface area contributed by atoms with Gasteiger partial charge >= 0.3 is 12.0 Å². The number of likely N-dealkylation sites (tertiary alicyclic amines) is 1. The van der Waals surface area contributed by atoms with Gasteiger partial charge in [-0.15, -0.1) is 0 Å². The Morgan fingerprint density at radius 1 is 1.26 bits per heavy atom. The van der Waals surface area contributed by atoms with Crippen LogP contribution in [-0.2, 0) is 4.79 Å². The first kappa shape index (κ1) is 15.8. The number of carboxylic acids is 1. The van der Waals surface area contributed by atoms with Gasteiger partial charge in [-0.05, 0) is 31.6 Å². The van der Waals surface area contributed by atoms with E-state index < -0.39 is 5.97 Å². The lowest BCUT2D eigenvalue weighted by Gasteiger charge is -2.29. The summed E-state index contributed by atoms with van der Waals surface area (Å²) in [6, 6.07) is -0.0125. The lowest BCUT2D eigenvalue weighted by Crippen LogP contribution is -2.44. The number of amides is 2. The molecule has 0 unspecified atom stereocenters. The van der Waals surface area contributed by atoms with Crippen LogP contribution in [0.25, 0.3) is 0 Å². The molecule has 1 fully saturated rings. The summed E-state index contributed by atoms with van der Waals surface area (Å²) < 4.78 is 0. The van der Waals surface area contributed by atoms with Crippen molar-refractivity contribution in [1.82, 2.24) is 9.80 Å². The van der Waals surface area contributed by atoms with Gasteiger partial charge < -0.3 is 14.9 Å². The molecule has 19 heavy (non-hydrogen) atoms. The summed E-state index contributed by atoms with van der Waals surface area (Å²) in [5, 5.41) is 8.71. The van der Waals surface area contributed by atoms with Gasteiger partial charge in [0.1, 0.15) is 0 Å².